The van der Waals surface area contributed by atoms with Crippen LogP contribution < -0.4 is 10.2 Å². The SMILES string of the molecule is Cl.O=[N+]([O-])c1cc(N(CCO)CCO)ccc1NCCCO. The number of aliphatic hydroxyl groups is 3. The lowest BCUT2D eigenvalue weighted by atomic mass is 10.2. The van der Waals surface area contributed by atoms with Gasteiger partial charge in [0.1, 0.15) is 5.69 Å². The standard InChI is InChI=1S/C13H21N3O5.ClH/c17-7-1-4-14-12-3-2-11(10-13(12)16(20)21)15(5-8-18)6-9-19;/h2-3,10,14,17-19H,1,4-9H2;1H. The summed E-state index contributed by atoms with van der Waals surface area (Å²) in [5.41, 5.74) is 0.869. The van der Waals surface area contributed by atoms with Crippen LogP contribution in [0.25, 0.3) is 0 Å². The highest BCUT2D eigenvalue weighted by atomic mass is 35.5. The summed E-state index contributed by atoms with van der Waals surface area (Å²) in [4.78, 5) is 12.3. The molecule has 1 rings (SSSR count). The molecule has 0 fully saturated rings. The number of nitrogens with one attached hydrogen (secondary N) is 1. The van der Waals surface area contributed by atoms with Crippen LogP contribution in [0, 0.1) is 10.1 Å². The maximum absolute atomic E-state index is 11.1. The molecule has 126 valence electrons. The lowest BCUT2D eigenvalue weighted by Gasteiger charge is -2.23. The zero-order valence-corrected chi connectivity index (χ0v) is 13.0. The summed E-state index contributed by atoms with van der Waals surface area (Å²) in [6.45, 7) is 0.811. The summed E-state index contributed by atoms with van der Waals surface area (Å²) in [6, 6.07) is 4.69. The third kappa shape index (κ3) is 6.02. The van der Waals surface area contributed by atoms with E-state index in [2.05, 4.69) is 5.32 Å². The lowest BCUT2D eigenvalue weighted by molar-refractivity contribution is -0.383. The van der Waals surface area contributed by atoms with E-state index in [1.165, 1.54) is 6.07 Å². The summed E-state index contributed by atoms with van der Waals surface area (Å²) in [7, 11) is 0. The van der Waals surface area contributed by atoms with Crippen LogP contribution >= 0.6 is 12.4 Å². The molecule has 0 radical (unpaired) electrons. The Bertz CT molecular complexity index is 455. The topological polar surface area (TPSA) is 119 Å². The molecule has 0 saturated carbocycles. The molecule has 4 N–H and O–H groups in total. The fraction of sp³-hybridized carbons (Fsp3) is 0.538. The maximum Gasteiger partial charge on any atom is 0.294 e. The molecule has 0 heterocycles. The van der Waals surface area contributed by atoms with Crippen molar-refractivity contribution in [3.63, 3.8) is 0 Å². The van der Waals surface area contributed by atoms with E-state index in [1.54, 1.807) is 17.0 Å². The normalized spacial score (nSPS) is 9.95. The summed E-state index contributed by atoms with van der Waals surface area (Å²) in [6.07, 6.45) is 0.500. The third-order valence-electron chi connectivity index (χ3n) is 2.93. The average Bonchev–Trinajstić information content (AvgIpc) is 2.47. The van der Waals surface area contributed by atoms with Crippen molar-refractivity contribution in [1.29, 1.82) is 0 Å². The summed E-state index contributed by atoms with van der Waals surface area (Å²) in [5, 5.41) is 40.8. The minimum Gasteiger partial charge on any atom is -0.396 e. The van der Waals surface area contributed by atoms with Gasteiger partial charge in [0.15, 0.2) is 0 Å². The molecule has 1 aromatic rings. The molecular weight excluding hydrogens is 314 g/mol. The van der Waals surface area contributed by atoms with Crippen molar-refractivity contribution in [2.24, 2.45) is 0 Å². The van der Waals surface area contributed by atoms with E-state index < -0.39 is 4.92 Å². The number of nitro groups is 1. The van der Waals surface area contributed by atoms with Gasteiger partial charge in [-0.1, -0.05) is 0 Å². The molecule has 0 aliphatic carbocycles. The Morgan fingerprint density at radius 2 is 1.77 bits per heavy atom. The second kappa shape index (κ2) is 11.0. The van der Waals surface area contributed by atoms with Crippen LogP contribution in [-0.2, 0) is 0 Å². The number of aliphatic hydroxyl groups excluding tert-OH is 3. The first-order valence-electron chi connectivity index (χ1n) is 6.74. The number of hydrogen-bond acceptors (Lipinski definition) is 7. The molecule has 22 heavy (non-hydrogen) atoms. The van der Waals surface area contributed by atoms with Crippen molar-refractivity contribution in [3.8, 4) is 0 Å². The second-order valence-corrected chi connectivity index (χ2v) is 4.40. The van der Waals surface area contributed by atoms with E-state index in [0.29, 0.717) is 24.3 Å². The van der Waals surface area contributed by atoms with Gasteiger partial charge in [0.2, 0.25) is 0 Å². The molecule has 0 aliphatic heterocycles. The van der Waals surface area contributed by atoms with Crippen molar-refractivity contribution in [1.82, 2.24) is 0 Å². The number of halogens is 1. The Labute approximate surface area is 134 Å². The number of hydrogen-bond donors (Lipinski definition) is 4. The number of nitro benzene ring substituents is 1. The lowest BCUT2D eigenvalue weighted by Crippen LogP contribution is -2.29. The van der Waals surface area contributed by atoms with Crippen molar-refractivity contribution in [2.75, 3.05) is 49.7 Å². The average molecular weight is 336 g/mol. The van der Waals surface area contributed by atoms with Gasteiger partial charge in [0.25, 0.3) is 5.69 Å². The molecule has 0 saturated heterocycles. The molecule has 0 aliphatic rings. The first-order valence-corrected chi connectivity index (χ1v) is 6.74. The molecule has 0 unspecified atom stereocenters. The van der Waals surface area contributed by atoms with Gasteiger partial charge in [-0.3, -0.25) is 10.1 Å². The zero-order chi connectivity index (χ0) is 15.7. The van der Waals surface area contributed by atoms with Gasteiger partial charge in [0.05, 0.1) is 18.1 Å². The number of nitrogens with zero attached hydrogens (tertiary/aromatic N) is 2. The predicted molar refractivity (Wildman–Crippen MR) is 86.9 cm³/mol. The summed E-state index contributed by atoms with van der Waals surface area (Å²) >= 11 is 0. The molecule has 9 heteroatoms. The minimum atomic E-state index is -0.485. The van der Waals surface area contributed by atoms with E-state index in [4.69, 9.17) is 15.3 Å². The Balaban J connectivity index is 0.00000441. The van der Waals surface area contributed by atoms with Crippen molar-refractivity contribution < 1.29 is 20.2 Å². The highest BCUT2D eigenvalue weighted by molar-refractivity contribution is 5.85. The van der Waals surface area contributed by atoms with Gasteiger partial charge < -0.3 is 25.5 Å². The van der Waals surface area contributed by atoms with Crippen LogP contribution in [0.5, 0.6) is 0 Å². The van der Waals surface area contributed by atoms with E-state index in [9.17, 15) is 10.1 Å². The van der Waals surface area contributed by atoms with E-state index >= 15 is 0 Å². The Morgan fingerprint density at radius 3 is 2.27 bits per heavy atom. The van der Waals surface area contributed by atoms with Crippen LogP contribution in [-0.4, -0.2) is 59.7 Å². The molecule has 1 aromatic carbocycles. The number of anilines is 2. The molecule has 0 amide bonds. The van der Waals surface area contributed by atoms with E-state index in [0.717, 1.165) is 0 Å². The van der Waals surface area contributed by atoms with E-state index in [1.807, 2.05) is 0 Å². The molecular formula is C13H22ClN3O5. The summed E-state index contributed by atoms with van der Waals surface area (Å²) < 4.78 is 0. The molecule has 0 spiro atoms. The van der Waals surface area contributed by atoms with E-state index in [-0.39, 0.29) is 51.0 Å². The molecule has 0 bridgehead atoms. The third-order valence-corrected chi connectivity index (χ3v) is 2.93. The molecule has 0 aromatic heterocycles. The zero-order valence-electron chi connectivity index (χ0n) is 12.1. The predicted octanol–water partition coefficient (Wildman–Crippen LogP) is 0.602. The maximum atomic E-state index is 11.1. The van der Waals surface area contributed by atoms with Crippen LogP contribution in [0.2, 0.25) is 0 Å². The van der Waals surface area contributed by atoms with Gasteiger partial charge in [-0.25, -0.2) is 0 Å². The van der Waals surface area contributed by atoms with Crippen LogP contribution in [0.3, 0.4) is 0 Å². The number of rotatable bonds is 10. The smallest absolute Gasteiger partial charge is 0.294 e. The Hall–Kier alpha value is -1.61. The van der Waals surface area contributed by atoms with Crippen molar-refractivity contribution in [2.45, 2.75) is 6.42 Å². The molecule has 8 nitrogen and oxygen atoms in total. The Kier molecular flexibility index (Phi) is 10.2. The van der Waals surface area contributed by atoms with Gasteiger partial charge in [0, 0.05) is 38.0 Å². The largest absolute Gasteiger partial charge is 0.396 e. The monoisotopic (exact) mass is 335 g/mol. The first kappa shape index (κ1) is 20.4. The van der Waals surface area contributed by atoms with Crippen LogP contribution in [0.4, 0.5) is 17.1 Å². The fourth-order valence-electron chi connectivity index (χ4n) is 1.93. The van der Waals surface area contributed by atoms with Gasteiger partial charge in [-0.2, -0.15) is 0 Å². The quantitative estimate of drug-likeness (QED) is 0.281. The minimum absolute atomic E-state index is 0. The van der Waals surface area contributed by atoms with Gasteiger partial charge in [-0.05, 0) is 18.6 Å². The van der Waals surface area contributed by atoms with Gasteiger partial charge >= 0.3 is 0 Å². The van der Waals surface area contributed by atoms with Crippen molar-refractivity contribution >= 4 is 29.5 Å². The Morgan fingerprint density at radius 1 is 1.14 bits per heavy atom. The number of benzene rings is 1. The van der Waals surface area contributed by atoms with Gasteiger partial charge in [-0.15, -0.1) is 12.4 Å². The summed E-state index contributed by atoms with van der Waals surface area (Å²) in [5.74, 6) is 0. The van der Waals surface area contributed by atoms with Crippen LogP contribution in [0.15, 0.2) is 18.2 Å². The fourth-order valence-corrected chi connectivity index (χ4v) is 1.93. The van der Waals surface area contributed by atoms with Crippen molar-refractivity contribution in [3.05, 3.63) is 28.3 Å². The first-order chi connectivity index (χ1) is 10.1. The van der Waals surface area contributed by atoms with Crippen LogP contribution in [0.1, 0.15) is 6.42 Å². The molecule has 0 atom stereocenters. The second-order valence-electron chi connectivity index (χ2n) is 4.40. The highest BCUT2D eigenvalue weighted by Gasteiger charge is 2.16. The highest BCUT2D eigenvalue weighted by Crippen LogP contribution is 2.29.